The highest BCUT2D eigenvalue weighted by Gasteiger charge is 2.24. The van der Waals surface area contributed by atoms with Crippen LogP contribution in [0, 0.1) is 0 Å². The molecule has 5 aromatic rings. The van der Waals surface area contributed by atoms with Crippen molar-refractivity contribution in [2.75, 3.05) is 48.8 Å². The van der Waals surface area contributed by atoms with Crippen molar-refractivity contribution in [3.05, 3.63) is 78.9 Å². The molecule has 38 heavy (non-hydrogen) atoms. The van der Waals surface area contributed by atoms with Crippen LogP contribution in [0.1, 0.15) is 0 Å². The number of methoxy groups -OCH3 is 1. The third-order valence-corrected chi connectivity index (χ3v) is 6.80. The molecule has 1 aliphatic rings. The quantitative estimate of drug-likeness (QED) is 0.352. The average Bonchev–Trinajstić information content (AvgIpc) is 3.26. The van der Waals surface area contributed by atoms with E-state index in [1.54, 1.807) is 11.8 Å². The Morgan fingerprint density at radius 3 is 2.29 bits per heavy atom. The van der Waals surface area contributed by atoms with Crippen molar-refractivity contribution in [3.63, 3.8) is 0 Å². The number of hydrogen-bond donors (Lipinski definition) is 1. The van der Waals surface area contributed by atoms with Crippen LogP contribution in [0.3, 0.4) is 0 Å². The lowest BCUT2D eigenvalue weighted by atomic mass is 10.1. The normalized spacial score (nSPS) is 13.6. The summed E-state index contributed by atoms with van der Waals surface area (Å²) in [6.07, 6.45) is 0. The zero-order chi connectivity index (χ0) is 26.1. The average molecular weight is 508 g/mol. The van der Waals surface area contributed by atoms with Crippen LogP contribution >= 0.6 is 0 Å². The molecule has 1 saturated heterocycles. The summed E-state index contributed by atoms with van der Waals surface area (Å²) in [4.78, 5) is 14.4. The highest BCUT2D eigenvalue weighted by Crippen LogP contribution is 2.35. The van der Waals surface area contributed by atoms with E-state index in [1.807, 2.05) is 79.8 Å². The molecule has 0 spiro atoms. The van der Waals surface area contributed by atoms with Gasteiger partial charge in [0.15, 0.2) is 5.65 Å². The molecule has 2 N–H and O–H groups in total. The molecule has 0 amide bonds. The van der Waals surface area contributed by atoms with Gasteiger partial charge in [0.2, 0.25) is 5.95 Å². The molecular weight excluding hydrogens is 478 g/mol. The van der Waals surface area contributed by atoms with Gasteiger partial charge in [-0.15, -0.1) is 0 Å². The number of rotatable bonds is 6. The maximum absolute atomic E-state index is 6.43. The van der Waals surface area contributed by atoms with Crippen LogP contribution in [-0.4, -0.2) is 53.0 Å². The Hall–Kier alpha value is -4.79. The van der Waals surface area contributed by atoms with Gasteiger partial charge < -0.3 is 25.0 Å². The number of fused-ring (bicyclic) bond motifs is 1. The number of aryl methyl sites for hydroxylation is 1. The van der Waals surface area contributed by atoms with Gasteiger partial charge in [0, 0.05) is 38.8 Å². The summed E-state index contributed by atoms with van der Waals surface area (Å²) in [6.45, 7) is 3.18. The van der Waals surface area contributed by atoms with Crippen molar-refractivity contribution in [2.24, 2.45) is 7.05 Å². The Bertz CT molecular complexity index is 1580. The van der Waals surface area contributed by atoms with Crippen LogP contribution in [-0.2, 0) is 7.05 Å². The maximum atomic E-state index is 6.43. The number of aromatic nitrogens is 4. The predicted molar refractivity (Wildman–Crippen MR) is 150 cm³/mol. The van der Waals surface area contributed by atoms with Crippen LogP contribution in [0.15, 0.2) is 78.9 Å². The molecule has 0 radical (unpaired) electrons. The molecule has 1 aliphatic heterocycles. The van der Waals surface area contributed by atoms with Crippen molar-refractivity contribution in [3.8, 4) is 28.5 Å². The van der Waals surface area contributed by atoms with E-state index in [0.717, 1.165) is 65.8 Å². The number of para-hydroxylation sites is 3. The molecule has 0 bridgehead atoms. The van der Waals surface area contributed by atoms with Crippen LogP contribution in [0.5, 0.6) is 17.2 Å². The number of nitrogen functional groups attached to an aromatic ring is 1. The lowest BCUT2D eigenvalue weighted by Crippen LogP contribution is -2.47. The zero-order valence-electron chi connectivity index (χ0n) is 21.4. The van der Waals surface area contributed by atoms with Crippen LogP contribution in [0.25, 0.3) is 22.3 Å². The van der Waals surface area contributed by atoms with Gasteiger partial charge >= 0.3 is 0 Å². The molecule has 3 heterocycles. The Morgan fingerprint density at radius 2 is 1.50 bits per heavy atom. The van der Waals surface area contributed by atoms with Gasteiger partial charge in [-0.05, 0) is 36.4 Å². The molecule has 192 valence electrons. The van der Waals surface area contributed by atoms with Crippen molar-refractivity contribution >= 4 is 28.5 Å². The van der Waals surface area contributed by atoms with Crippen molar-refractivity contribution in [1.29, 1.82) is 0 Å². The molecule has 0 atom stereocenters. The van der Waals surface area contributed by atoms with E-state index in [1.165, 1.54) is 0 Å². The van der Waals surface area contributed by atoms with Gasteiger partial charge in [-0.2, -0.15) is 10.1 Å². The van der Waals surface area contributed by atoms with Crippen LogP contribution in [0.2, 0.25) is 0 Å². The first-order valence-electron chi connectivity index (χ1n) is 12.6. The summed E-state index contributed by atoms with van der Waals surface area (Å²) in [5.74, 6) is 3.53. The minimum absolute atomic E-state index is 0.525. The van der Waals surface area contributed by atoms with E-state index in [-0.39, 0.29) is 0 Å². The minimum Gasteiger partial charge on any atom is -0.495 e. The standard InChI is InChI=1S/C29H29N7O2/c1-34-27(30)25-26(20-9-8-12-22(19-20)38-21-10-4-3-5-11-21)31-29(32-28(25)33-34)36-17-15-35(16-18-36)23-13-6-7-14-24(23)37-2/h3-14,19H,15-18,30H2,1-2H3. The van der Waals surface area contributed by atoms with Gasteiger partial charge in [-0.25, -0.2) is 4.98 Å². The summed E-state index contributed by atoms with van der Waals surface area (Å²) in [5, 5.41) is 5.32. The Morgan fingerprint density at radius 1 is 0.789 bits per heavy atom. The van der Waals surface area contributed by atoms with Crippen LogP contribution < -0.4 is 25.0 Å². The van der Waals surface area contributed by atoms with Gasteiger partial charge in [0.25, 0.3) is 0 Å². The number of nitrogens with zero attached hydrogens (tertiary/aromatic N) is 6. The highest BCUT2D eigenvalue weighted by atomic mass is 16.5. The van der Waals surface area contributed by atoms with E-state index in [0.29, 0.717) is 17.4 Å². The number of hydrogen-bond acceptors (Lipinski definition) is 8. The minimum atomic E-state index is 0.525. The highest BCUT2D eigenvalue weighted by molar-refractivity contribution is 5.99. The molecule has 2 aromatic heterocycles. The van der Waals surface area contributed by atoms with E-state index in [9.17, 15) is 0 Å². The molecular formula is C29H29N7O2. The first-order valence-corrected chi connectivity index (χ1v) is 12.6. The molecule has 1 fully saturated rings. The van der Waals surface area contributed by atoms with Gasteiger partial charge in [0.1, 0.15) is 23.1 Å². The monoisotopic (exact) mass is 507 g/mol. The maximum Gasteiger partial charge on any atom is 0.228 e. The SMILES string of the molecule is COc1ccccc1N1CCN(c2nc(-c3cccc(Oc4ccccc4)c3)c3c(N)n(C)nc3n2)CC1. The van der Waals surface area contributed by atoms with E-state index in [2.05, 4.69) is 21.0 Å². The number of anilines is 3. The first kappa shape index (κ1) is 23.6. The number of ether oxygens (including phenoxy) is 2. The second-order valence-electron chi connectivity index (χ2n) is 9.17. The third-order valence-electron chi connectivity index (χ3n) is 6.80. The molecule has 6 rings (SSSR count). The Labute approximate surface area is 221 Å². The zero-order valence-corrected chi connectivity index (χ0v) is 21.4. The third kappa shape index (κ3) is 4.43. The fraction of sp³-hybridized carbons (Fsp3) is 0.207. The van der Waals surface area contributed by atoms with E-state index in [4.69, 9.17) is 25.2 Å². The topological polar surface area (TPSA) is 94.6 Å². The lowest BCUT2D eigenvalue weighted by molar-refractivity contribution is 0.413. The van der Waals surface area contributed by atoms with Gasteiger partial charge in [-0.1, -0.05) is 42.5 Å². The van der Waals surface area contributed by atoms with Crippen molar-refractivity contribution in [1.82, 2.24) is 19.7 Å². The summed E-state index contributed by atoms with van der Waals surface area (Å²) in [7, 11) is 3.53. The summed E-state index contributed by atoms with van der Waals surface area (Å²) >= 11 is 0. The lowest BCUT2D eigenvalue weighted by Gasteiger charge is -2.36. The fourth-order valence-corrected chi connectivity index (χ4v) is 4.82. The summed E-state index contributed by atoms with van der Waals surface area (Å²) < 4.78 is 13.3. The molecule has 3 aromatic carbocycles. The van der Waals surface area contributed by atoms with Crippen molar-refractivity contribution in [2.45, 2.75) is 0 Å². The second-order valence-corrected chi connectivity index (χ2v) is 9.17. The van der Waals surface area contributed by atoms with E-state index >= 15 is 0 Å². The number of benzene rings is 3. The molecule has 0 aliphatic carbocycles. The summed E-state index contributed by atoms with van der Waals surface area (Å²) in [6, 6.07) is 25.7. The Balaban J connectivity index is 1.33. The van der Waals surface area contributed by atoms with Crippen molar-refractivity contribution < 1.29 is 9.47 Å². The predicted octanol–water partition coefficient (Wildman–Crippen LogP) is 4.74. The number of piperazine rings is 1. The second kappa shape index (κ2) is 9.93. The summed E-state index contributed by atoms with van der Waals surface area (Å²) in [5.41, 5.74) is 9.73. The molecule has 0 saturated carbocycles. The smallest absolute Gasteiger partial charge is 0.228 e. The largest absolute Gasteiger partial charge is 0.495 e. The molecule has 0 unspecified atom stereocenters. The fourth-order valence-electron chi connectivity index (χ4n) is 4.82. The molecule has 9 heteroatoms. The van der Waals surface area contributed by atoms with Crippen LogP contribution in [0.4, 0.5) is 17.5 Å². The van der Waals surface area contributed by atoms with Gasteiger partial charge in [-0.3, -0.25) is 4.68 Å². The number of nitrogens with two attached hydrogens (primary N) is 1. The molecule has 9 nitrogen and oxygen atoms in total. The first-order chi connectivity index (χ1) is 18.6. The van der Waals surface area contributed by atoms with Gasteiger partial charge in [0.05, 0.1) is 23.9 Å². The Kier molecular flexibility index (Phi) is 6.17. The van der Waals surface area contributed by atoms with E-state index < -0.39 is 0 Å².